The Labute approximate surface area is 198 Å². The summed E-state index contributed by atoms with van der Waals surface area (Å²) in [6.45, 7) is 4.66. The first kappa shape index (κ1) is 21.0. The van der Waals surface area contributed by atoms with Crippen LogP contribution in [0.2, 0.25) is 0 Å². The monoisotopic (exact) mass is 453 g/mol. The number of amides is 2. The van der Waals surface area contributed by atoms with Gasteiger partial charge in [0.2, 0.25) is 0 Å². The molecule has 2 amide bonds. The van der Waals surface area contributed by atoms with E-state index in [1.165, 1.54) is 17.0 Å². The molecule has 1 saturated carbocycles. The second-order valence-corrected chi connectivity index (χ2v) is 9.99. The number of fused-ring (bicyclic) bond motifs is 4. The van der Waals surface area contributed by atoms with Gasteiger partial charge in [0.25, 0.3) is 0 Å². The van der Waals surface area contributed by atoms with Crippen LogP contribution in [0.3, 0.4) is 0 Å². The van der Waals surface area contributed by atoms with Crippen LogP contribution in [0.1, 0.15) is 53.3 Å². The van der Waals surface area contributed by atoms with Crippen LogP contribution in [0, 0.1) is 19.7 Å². The van der Waals surface area contributed by atoms with Crippen LogP contribution in [-0.4, -0.2) is 22.5 Å². The number of benzene rings is 3. The van der Waals surface area contributed by atoms with E-state index in [0.717, 1.165) is 52.9 Å². The minimum Gasteiger partial charge on any atom is -0.356 e. The number of urea groups is 1. The molecule has 1 spiro atoms. The predicted molar refractivity (Wildman–Crippen MR) is 134 cm³/mol. The number of carbonyl (C=O) groups excluding carboxylic acids is 1. The van der Waals surface area contributed by atoms with Crippen molar-refractivity contribution in [2.75, 3.05) is 11.9 Å². The fourth-order valence-corrected chi connectivity index (χ4v) is 6.06. The van der Waals surface area contributed by atoms with Crippen LogP contribution in [0.5, 0.6) is 0 Å². The average Bonchev–Trinajstić information content (AvgIpc) is 3.16. The van der Waals surface area contributed by atoms with Crippen LogP contribution in [0.25, 0.3) is 10.9 Å². The van der Waals surface area contributed by atoms with Gasteiger partial charge in [-0.1, -0.05) is 42.8 Å². The fraction of sp³-hybridized carbons (Fsp3) is 0.276. The van der Waals surface area contributed by atoms with Gasteiger partial charge in [0.1, 0.15) is 5.82 Å². The SMILES string of the molecule is Cc1cc(C)cc(NC(=O)N2CC3(CCC3)c3c([nH]c4ccccc34)C2c2cccc(F)c2)c1. The average molecular weight is 454 g/mol. The molecule has 1 aliphatic carbocycles. The van der Waals surface area contributed by atoms with Crippen molar-refractivity contribution < 1.29 is 9.18 Å². The smallest absolute Gasteiger partial charge is 0.322 e. The Balaban J connectivity index is 1.51. The van der Waals surface area contributed by atoms with Gasteiger partial charge in [-0.3, -0.25) is 0 Å². The van der Waals surface area contributed by atoms with Crippen LogP contribution in [0.15, 0.2) is 66.7 Å². The van der Waals surface area contributed by atoms with Gasteiger partial charge >= 0.3 is 6.03 Å². The molecular weight excluding hydrogens is 425 g/mol. The van der Waals surface area contributed by atoms with Crippen LogP contribution >= 0.6 is 0 Å². The van der Waals surface area contributed by atoms with Crippen molar-refractivity contribution in [1.82, 2.24) is 9.88 Å². The third-order valence-corrected chi connectivity index (χ3v) is 7.53. The number of nitrogens with one attached hydrogen (secondary N) is 2. The second kappa shape index (κ2) is 7.73. The number of aryl methyl sites for hydroxylation is 2. The first-order chi connectivity index (χ1) is 16.4. The number of aromatic amines is 1. The van der Waals surface area contributed by atoms with Crippen LogP contribution < -0.4 is 5.32 Å². The summed E-state index contributed by atoms with van der Waals surface area (Å²) in [4.78, 5) is 19.4. The normalized spacial score (nSPS) is 18.6. The molecular formula is C29H28FN3O. The van der Waals surface area contributed by atoms with E-state index in [-0.39, 0.29) is 17.3 Å². The lowest BCUT2D eigenvalue weighted by atomic mass is 9.61. The lowest BCUT2D eigenvalue weighted by Gasteiger charge is -2.51. The second-order valence-electron chi connectivity index (χ2n) is 9.99. The molecule has 0 bridgehead atoms. The summed E-state index contributed by atoms with van der Waals surface area (Å²) in [5.74, 6) is -0.297. The number of para-hydroxylation sites is 1. The van der Waals surface area contributed by atoms with Crippen LogP contribution in [0.4, 0.5) is 14.9 Å². The highest BCUT2D eigenvalue weighted by molar-refractivity contribution is 5.92. The van der Waals surface area contributed by atoms with Gasteiger partial charge in [0.15, 0.2) is 0 Å². The summed E-state index contributed by atoms with van der Waals surface area (Å²) in [6.07, 6.45) is 3.24. The first-order valence-corrected chi connectivity index (χ1v) is 12.0. The first-order valence-electron chi connectivity index (χ1n) is 12.0. The molecule has 3 aromatic carbocycles. The molecule has 1 fully saturated rings. The molecule has 4 aromatic rings. The van der Waals surface area contributed by atoms with Crippen molar-refractivity contribution in [3.05, 3.63) is 100 Å². The van der Waals surface area contributed by atoms with Crippen molar-refractivity contribution in [1.29, 1.82) is 0 Å². The van der Waals surface area contributed by atoms with Gasteiger partial charge in [0, 0.05) is 34.2 Å². The van der Waals surface area contributed by atoms with Gasteiger partial charge in [-0.05, 0) is 79.3 Å². The molecule has 5 heteroatoms. The third-order valence-electron chi connectivity index (χ3n) is 7.53. The maximum Gasteiger partial charge on any atom is 0.322 e. The van der Waals surface area contributed by atoms with Crippen molar-refractivity contribution >= 4 is 22.6 Å². The predicted octanol–water partition coefficient (Wildman–Crippen LogP) is 6.98. The summed E-state index contributed by atoms with van der Waals surface area (Å²) in [6, 6.07) is 20.5. The van der Waals surface area contributed by atoms with Gasteiger partial charge in [0.05, 0.1) is 6.04 Å². The van der Waals surface area contributed by atoms with E-state index in [9.17, 15) is 9.18 Å². The minimum atomic E-state index is -0.393. The Morgan fingerprint density at radius 3 is 2.50 bits per heavy atom. The number of anilines is 1. The van der Waals surface area contributed by atoms with Crippen molar-refractivity contribution in [2.45, 2.75) is 44.6 Å². The number of hydrogen-bond donors (Lipinski definition) is 2. The van der Waals surface area contributed by atoms with Gasteiger partial charge in [-0.15, -0.1) is 0 Å². The molecule has 172 valence electrons. The summed E-state index contributed by atoms with van der Waals surface area (Å²) < 4.78 is 14.4. The van der Waals surface area contributed by atoms with Crippen molar-refractivity contribution in [3.63, 3.8) is 0 Å². The topological polar surface area (TPSA) is 48.1 Å². The highest BCUT2D eigenvalue weighted by atomic mass is 19.1. The summed E-state index contributed by atoms with van der Waals surface area (Å²) >= 11 is 0. The number of H-pyrrole nitrogens is 1. The molecule has 1 unspecified atom stereocenters. The summed E-state index contributed by atoms with van der Waals surface area (Å²) in [5, 5.41) is 4.35. The molecule has 34 heavy (non-hydrogen) atoms. The molecule has 1 aliphatic heterocycles. The molecule has 2 aliphatic rings. The van der Waals surface area contributed by atoms with Gasteiger partial charge < -0.3 is 15.2 Å². The number of hydrogen-bond acceptors (Lipinski definition) is 1. The Morgan fingerprint density at radius 1 is 1.03 bits per heavy atom. The highest BCUT2D eigenvalue weighted by Crippen LogP contribution is 2.54. The van der Waals surface area contributed by atoms with Crippen molar-refractivity contribution in [3.8, 4) is 0 Å². The molecule has 6 rings (SSSR count). The number of aromatic nitrogens is 1. The standard InChI is InChI=1S/C29H28FN3O/c1-18-13-19(2)15-22(14-18)31-28(34)33-17-29(11-6-12-29)25-23-9-3-4-10-24(23)32-26(25)27(33)20-7-5-8-21(30)16-20/h3-5,7-10,13-16,27,32H,6,11-12,17H2,1-2H3,(H,31,34). The Morgan fingerprint density at radius 2 is 1.79 bits per heavy atom. The zero-order valence-corrected chi connectivity index (χ0v) is 19.5. The Hall–Kier alpha value is -3.60. The highest BCUT2D eigenvalue weighted by Gasteiger charge is 2.51. The largest absolute Gasteiger partial charge is 0.356 e. The van der Waals surface area contributed by atoms with Crippen LogP contribution in [-0.2, 0) is 5.41 Å². The zero-order valence-electron chi connectivity index (χ0n) is 19.5. The molecule has 1 aromatic heterocycles. The van der Waals surface area contributed by atoms with Gasteiger partial charge in [-0.2, -0.15) is 0 Å². The van der Waals surface area contributed by atoms with E-state index < -0.39 is 6.04 Å². The molecule has 2 heterocycles. The minimum absolute atomic E-state index is 0.0708. The van der Waals surface area contributed by atoms with E-state index in [0.29, 0.717) is 6.54 Å². The van der Waals surface area contributed by atoms with E-state index in [2.05, 4.69) is 34.6 Å². The molecule has 1 atom stereocenters. The summed E-state index contributed by atoms with van der Waals surface area (Å²) in [7, 11) is 0. The summed E-state index contributed by atoms with van der Waals surface area (Å²) in [5.41, 5.74) is 7.07. The third kappa shape index (κ3) is 3.30. The lowest BCUT2D eigenvalue weighted by molar-refractivity contribution is 0.117. The molecule has 4 nitrogen and oxygen atoms in total. The van der Waals surface area contributed by atoms with Gasteiger partial charge in [-0.25, -0.2) is 9.18 Å². The van der Waals surface area contributed by atoms with Crippen molar-refractivity contribution in [2.24, 2.45) is 0 Å². The number of carbonyl (C=O) groups is 1. The molecule has 2 N–H and O–H groups in total. The number of rotatable bonds is 2. The number of halogens is 1. The van der Waals surface area contributed by atoms with E-state index in [1.54, 1.807) is 12.1 Å². The number of nitrogens with zero attached hydrogens (tertiary/aromatic N) is 1. The Kier molecular flexibility index (Phi) is 4.76. The Bertz CT molecular complexity index is 1400. The maximum atomic E-state index is 14.4. The van der Waals surface area contributed by atoms with E-state index in [4.69, 9.17) is 0 Å². The lowest BCUT2D eigenvalue weighted by Crippen LogP contribution is -2.54. The van der Waals surface area contributed by atoms with E-state index >= 15 is 0 Å². The fourth-order valence-electron chi connectivity index (χ4n) is 6.06. The molecule has 0 saturated heterocycles. The van der Waals surface area contributed by atoms with E-state index in [1.807, 2.05) is 43.0 Å². The quantitative estimate of drug-likeness (QED) is 0.338. The molecule has 0 radical (unpaired) electrons. The zero-order chi connectivity index (χ0) is 23.4. The maximum absolute atomic E-state index is 14.4.